The Kier molecular flexibility index (Phi) is 41.1. The number of nitrogens with one attached hydrogen (secondary N) is 3. The molecule has 0 aromatic rings. The smallest absolute Gasteiger partial charge is 0.256 e. The van der Waals surface area contributed by atoms with Crippen molar-refractivity contribution in [2.45, 2.75) is 245 Å². The molecule has 3 amide bonds. The maximum atomic E-state index is 13.1. The van der Waals surface area contributed by atoms with Gasteiger partial charge in [-0.1, -0.05) is 194 Å². The first kappa shape index (κ1) is 52.3. The minimum Gasteiger partial charge on any atom is -0.334 e. The van der Waals surface area contributed by atoms with Crippen LogP contribution >= 0.6 is 0 Å². The fourth-order valence-corrected chi connectivity index (χ4v) is 7.20. The van der Waals surface area contributed by atoms with Crippen molar-refractivity contribution < 1.29 is 14.4 Å². The first-order chi connectivity index (χ1) is 26.5. The lowest BCUT2D eigenvalue weighted by molar-refractivity contribution is -0.146. The summed E-state index contributed by atoms with van der Waals surface area (Å²) in [6.07, 6.45) is 40.7. The predicted octanol–water partition coefficient (Wildman–Crippen LogP) is 10.5. The van der Waals surface area contributed by atoms with Crippen LogP contribution in [0.1, 0.15) is 239 Å². The van der Waals surface area contributed by atoms with E-state index in [2.05, 4.69) is 29.9 Å². The van der Waals surface area contributed by atoms with Crippen molar-refractivity contribution in [3.05, 3.63) is 0 Å². The Balaban J connectivity index is 4.45. The topological polar surface area (TPSA) is 143 Å². The molecular formula is C45H92N6O3. The number of carbonyl (C=O) groups is 3. The van der Waals surface area contributed by atoms with Gasteiger partial charge in [0.15, 0.2) is 0 Å². The van der Waals surface area contributed by atoms with E-state index in [1.807, 2.05) is 0 Å². The summed E-state index contributed by atoms with van der Waals surface area (Å²) in [5.41, 5.74) is 14.2. The van der Waals surface area contributed by atoms with Crippen LogP contribution in [0.25, 0.3) is 0 Å². The molecule has 0 aromatic heterocycles. The highest BCUT2D eigenvalue weighted by Crippen LogP contribution is 2.15. The Morgan fingerprint density at radius 2 is 0.833 bits per heavy atom. The standard InChI is InChI=1S/C45H92N6O3/c1-3-5-7-9-11-13-15-17-19-21-23-25-27-29-31-35-43(52)49-42(37-40-48-39-34-33-38-46)51(45(54)41-47)50-44(53)36-32-30-28-26-24-22-20-18-16-14-12-10-8-6-4-2/h42,48H,3-41,46-47H2,1-2H3,(H,49,52)(H,50,53). The summed E-state index contributed by atoms with van der Waals surface area (Å²) >= 11 is 0. The van der Waals surface area contributed by atoms with Crippen molar-refractivity contribution in [2.75, 3.05) is 26.2 Å². The van der Waals surface area contributed by atoms with Gasteiger partial charge in [-0.05, 0) is 45.3 Å². The van der Waals surface area contributed by atoms with Gasteiger partial charge >= 0.3 is 0 Å². The van der Waals surface area contributed by atoms with Gasteiger partial charge in [-0.3, -0.25) is 19.8 Å². The fraction of sp³-hybridized carbons (Fsp3) is 0.933. The van der Waals surface area contributed by atoms with E-state index in [4.69, 9.17) is 11.5 Å². The second kappa shape index (κ2) is 42.4. The van der Waals surface area contributed by atoms with E-state index >= 15 is 0 Å². The molecule has 0 aromatic carbocycles. The molecule has 0 aliphatic rings. The minimum absolute atomic E-state index is 0.0932. The van der Waals surface area contributed by atoms with Crippen LogP contribution in [0.5, 0.6) is 0 Å². The van der Waals surface area contributed by atoms with E-state index in [0.717, 1.165) is 57.9 Å². The van der Waals surface area contributed by atoms with Crippen LogP contribution in [0.15, 0.2) is 0 Å². The highest BCUT2D eigenvalue weighted by molar-refractivity contribution is 5.84. The molecule has 0 aliphatic carbocycles. The second-order valence-electron chi connectivity index (χ2n) is 16.0. The van der Waals surface area contributed by atoms with Crippen LogP contribution in [0.2, 0.25) is 0 Å². The summed E-state index contributed by atoms with van der Waals surface area (Å²) in [5.74, 6) is -0.700. The number of unbranched alkanes of at least 4 members (excludes halogenated alkanes) is 29. The molecule has 320 valence electrons. The number of nitrogens with two attached hydrogens (primary N) is 2. The maximum absolute atomic E-state index is 13.1. The summed E-state index contributed by atoms with van der Waals surface area (Å²) in [5, 5.41) is 7.71. The summed E-state index contributed by atoms with van der Waals surface area (Å²) in [6, 6.07) is 0. The van der Waals surface area contributed by atoms with Crippen LogP contribution in [0.4, 0.5) is 0 Å². The lowest BCUT2D eigenvalue weighted by atomic mass is 10.0. The maximum Gasteiger partial charge on any atom is 0.256 e. The zero-order chi connectivity index (χ0) is 39.6. The average Bonchev–Trinajstić information content (AvgIpc) is 3.17. The molecule has 0 spiro atoms. The van der Waals surface area contributed by atoms with Gasteiger partial charge in [0.25, 0.3) is 5.91 Å². The summed E-state index contributed by atoms with van der Waals surface area (Å²) in [4.78, 5) is 39.0. The molecule has 0 bridgehead atoms. The number of rotatable bonds is 42. The van der Waals surface area contributed by atoms with E-state index in [0.29, 0.717) is 32.4 Å². The van der Waals surface area contributed by atoms with Gasteiger partial charge in [0.2, 0.25) is 11.8 Å². The monoisotopic (exact) mass is 765 g/mol. The number of nitrogens with zero attached hydrogens (tertiary/aromatic N) is 1. The Labute approximate surface area is 334 Å². The van der Waals surface area contributed by atoms with Gasteiger partial charge in [0.05, 0.1) is 6.54 Å². The molecule has 1 unspecified atom stereocenters. The van der Waals surface area contributed by atoms with Gasteiger partial charge in [-0.2, -0.15) is 0 Å². The van der Waals surface area contributed by atoms with Crippen LogP contribution < -0.4 is 27.5 Å². The van der Waals surface area contributed by atoms with Gasteiger partial charge in [0.1, 0.15) is 6.17 Å². The normalized spacial score (nSPS) is 11.9. The highest BCUT2D eigenvalue weighted by atomic mass is 16.2. The van der Waals surface area contributed by atoms with Crippen molar-refractivity contribution in [1.82, 2.24) is 21.1 Å². The van der Waals surface area contributed by atoms with E-state index in [-0.39, 0.29) is 18.4 Å². The average molecular weight is 765 g/mol. The Morgan fingerprint density at radius 3 is 1.20 bits per heavy atom. The number of hydrazine groups is 1. The van der Waals surface area contributed by atoms with Crippen LogP contribution in [-0.4, -0.2) is 55.1 Å². The van der Waals surface area contributed by atoms with Gasteiger partial charge in [0, 0.05) is 19.3 Å². The summed E-state index contributed by atoms with van der Waals surface area (Å²) < 4.78 is 0. The quantitative estimate of drug-likeness (QED) is 0.0238. The third-order valence-electron chi connectivity index (χ3n) is 10.7. The van der Waals surface area contributed by atoms with Crippen molar-refractivity contribution >= 4 is 17.7 Å². The fourth-order valence-electron chi connectivity index (χ4n) is 7.20. The third-order valence-corrected chi connectivity index (χ3v) is 10.7. The Morgan fingerprint density at radius 1 is 0.463 bits per heavy atom. The zero-order valence-corrected chi connectivity index (χ0v) is 36.0. The second-order valence-corrected chi connectivity index (χ2v) is 16.0. The zero-order valence-electron chi connectivity index (χ0n) is 36.0. The van der Waals surface area contributed by atoms with E-state index < -0.39 is 12.1 Å². The molecule has 0 heterocycles. The largest absolute Gasteiger partial charge is 0.334 e. The molecule has 9 nitrogen and oxygen atoms in total. The molecule has 0 saturated heterocycles. The molecule has 9 heteroatoms. The molecule has 0 aliphatic heterocycles. The van der Waals surface area contributed by atoms with Gasteiger partial charge < -0.3 is 22.1 Å². The van der Waals surface area contributed by atoms with Crippen LogP contribution in [0, 0.1) is 0 Å². The van der Waals surface area contributed by atoms with Crippen LogP contribution in [-0.2, 0) is 14.4 Å². The summed E-state index contributed by atoms with van der Waals surface area (Å²) in [7, 11) is 0. The molecule has 0 radical (unpaired) electrons. The lowest BCUT2D eigenvalue weighted by Gasteiger charge is -2.32. The SMILES string of the molecule is CCCCCCCCCCCCCCCCCC(=O)NC(CCNCCCCN)N(NC(=O)CCCCCCCCCCCCCCCCC)C(=O)CN. The van der Waals surface area contributed by atoms with Crippen molar-refractivity contribution in [2.24, 2.45) is 11.5 Å². The minimum atomic E-state index is -0.656. The molecule has 0 saturated carbocycles. The number of hydrogen-bond donors (Lipinski definition) is 5. The Bertz CT molecular complexity index is 829. The molecule has 0 rings (SSSR count). The molecule has 54 heavy (non-hydrogen) atoms. The summed E-state index contributed by atoms with van der Waals surface area (Å²) in [6.45, 7) is 6.36. The molecule has 7 N–H and O–H groups in total. The first-order valence-electron chi connectivity index (χ1n) is 23.5. The van der Waals surface area contributed by atoms with E-state index in [1.165, 1.54) is 159 Å². The predicted molar refractivity (Wildman–Crippen MR) is 231 cm³/mol. The van der Waals surface area contributed by atoms with E-state index in [9.17, 15) is 14.4 Å². The van der Waals surface area contributed by atoms with Gasteiger partial charge in [-0.25, -0.2) is 5.01 Å². The van der Waals surface area contributed by atoms with E-state index in [1.54, 1.807) is 0 Å². The van der Waals surface area contributed by atoms with Gasteiger partial charge in [-0.15, -0.1) is 0 Å². The Hall–Kier alpha value is -1.71. The molecule has 1 atom stereocenters. The number of carbonyl (C=O) groups excluding carboxylic acids is 3. The number of amides is 3. The molecular weight excluding hydrogens is 673 g/mol. The van der Waals surface area contributed by atoms with Crippen molar-refractivity contribution in [3.8, 4) is 0 Å². The third kappa shape index (κ3) is 36.0. The van der Waals surface area contributed by atoms with Crippen molar-refractivity contribution in [1.29, 1.82) is 0 Å². The lowest BCUT2D eigenvalue weighted by Crippen LogP contribution is -2.60. The molecule has 0 fully saturated rings. The number of hydrogen-bond acceptors (Lipinski definition) is 6. The first-order valence-corrected chi connectivity index (χ1v) is 23.5. The van der Waals surface area contributed by atoms with Crippen molar-refractivity contribution in [3.63, 3.8) is 0 Å². The van der Waals surface area contributed by atoms with Crippen LogP contribution in [0.3, 0.4) is 0 Å². The highest BCUT2D eigenvalue weighted by Gasteiger charge is 2.26.